The number of rotatable bonds is 4. The molecule has 21 heavy (non-hydrogen) atoms. The summed E-state index contributed by atoms with van der Waals surface area (Å²) >= 11 is 11.9. The number of piperidine rings is 1. The van der Waals surface area contributed by atoms with Crippen molar-refractivity contribution in [3.63, 3.8) is 0 Å². The minimum atomic E-state index is -3.69. The summed E-state index contributed by atoms with van der Waals surface area (Å²) in [6.45, 7) is 4.29. The summed E-state index contributed by atoms with van der Waals surface area (Å²) in [6.07, 6.45) is 1.87. The van der Waals surface area contributed by atoms with E-state index in [2.05, 4.69) is 17.0 Å². The van der Waals surface area contributed by atoms with Gasteiger partial charge in [0.05, 0.1) is 10.0 Å². The topological polar surface area (TPSA) is 58.2 Å². The summed E-state index contributed by atoms with van der Waals surface area (Å²) in [5, 5.41) is 3.55. The Morgan fingerprint density at radius 3 is 2.29 bits per heavy atom. The molecule has 0 saturated carbocycles. The molecule has 0 aromatic heterocycles. The maximum Gasteiger partial charge on any atom is 0.243 e. The largest absolute Gasteiger partial charge is 0.317 e. The molecule has 0 amide bonds. The van der Waals surface area contributed by atoms with Crippen molar-refractivity contribution in [3.05, 3.63) is 28.2 Å². The molecule has 1 heterocycles. The standard InChI is InChI=1S/C13H18Cl2N2O2S.ClH/c1-13(5-7-16-8-6-13)9-17-20(18,19)12-10(14)3-2-4-11(12)15;/h2-4,16-17H,5-9H2,1H3;1H. The predicted molar refractivity (Wildman–Crippen MR) is 89.1 cm³/mol. The molecular weight excluding hydrogens is 355 g/mol. The molecule has 1 aromatic rings. The molecule has 0 spiro atoms. The first-order valence-electron chi connectivity index (χ1n) is 6.48. The Morgan fingerprint density at radius 1 is 1.24 bits per heavy atom. The lowest BCUT2D eigenvalue weighted by molar-refractivity contribution is 0.232. The zero-order valence-corrected chi connectivity index (χ0v) is 14.8. The zero-order chi connectivity index (χ0) is 14.8. The Hall–Kier alpha value is -0.0400. The van der Waals surface area contributed by atoms with Crippen LogP contribution in [-0.2, 0) is 10.0 Å². The van der Waals surface area contributed by atoms with Gasteiger partial charge in [0.25, 0.3) is 0 Å². The average molecular weight is 374 g/mol. The second-order valence-electron chi connectivity index (χ2n) is 5.44. The first-order chi connectivity index (χ1) is 9.34. The quantitative estimate of drug-likeness (QED) is 0.852. The van der Waals surface area contributed by atoms with E-state index in [1.807, 2.05) is 0 Å². The van der Waals surface area contributed by atoms with E-state index in [-0.39, 0.29) is 32.8 Å². The van der Waals surface area contributed by atoms with Crippen LogP contribution in [0.4, 0.5) is 0 Å². The highest BCUT2D eigenvalue weighted by Crippen LogP contribution is 2.31. The Morgan fingerprint density at radius 2 is 1.76 bits per heavy atom. The number of nitrogens with one attached hydrogen (secondary N) is 2. The van der Waals surface area contributed by atoms with Gasteiger partial charge in [0.1, 0.15) is 4.90 Å². The predicted octanol–water partition coefficient (Wildman–Crippen LogP) is 3.08. The van der Waals surface area contributed by atoms with Crippen molar-refractivity contribution in [3.8, 4) is 0 Å². The van der Waals surface area contributed by atoms with E-state index in [1.54, 1.807) is 6.07 Å². The maximum atomic E-state index is 12.4. The highest BCUT2D eigenvalue weighted by Gasteiger charge is 2.30. The van der Waals surface area contributed by atoms with Crippen LogP contribution in [0.2, 0.25) is 10.0 Å². The van der Waals surface area contributed by atoms with Crippen LogP contribution in [0.25, 0.3) is 0 Å². The van der Waals surface area contributed by atoms with Gasteiger partial charge in [0.15, 0.2) is 0 Å². The normalized spacial score (nSPS) is 18.0. The van der Waals surface area contributed by atoms with Crippen molar-refractivity contribution in [1.29, 1.82) is 0 Å². The maximum absolute atomic E-state index is 12.4. The minimum absolute atomic E-state index is 0. The molecule has 2 N–H and O–H groups in total. The fraction of sp³-hybridized carbons (Fsp3) is 0.538. The van der Waals surface area contributed by atoms with Crippen LogP contribution in [0, 0.1) is 5.41 Å². The highest BCUT2D eigenvalue weighted by molar-refractivity contribution is 7.89. The summed E-state index contributed by atoms with van der Waals surface area (Å²) in [4.78, 5) is -0.0409. The summed E-state index contributed by atoms with van der Waals surface area (Å²) in [5.41, 5.74) is -0.0357. The summed E-state index contributed by atoms with van der Waals surface area (Å²) in [5.74, 6) is 0. The van der Waals surface area contributed by atoms with Crippen LogP contribution in [0.3, 0.4) is 0 Å². The molecule has 1 aliphatic heterocycles. The smallest absolute Gasteiger partial charge is 0.243 e. The molecule has 1 aliphatic rings. The fourth-order valence-electron chi connectivity index (χ4n) is 2.29. The Bertz CT molecular complexity index is 567. The third kappa shape index (κ3) is 4.71. The third-order valence-corrected chi connectivity index (χ3v) is 6.04. The van der Waals surface area contributed by atoms with Gasteiger partial charge in [-0.05, 0) is 43.5 Å². The van der Waals surface area contributed by atoms with Gasteiger partial charge in [-0.25, -0.2) is 13.1 Å². The molecule has 1 aromatic carbocycles. The lowest BCUT2D eigenvalue weighted by Gasteiger charge is -2.34. The Labute approximate surface area is 142 Å². The molecule has 0 unspecified atom stereocenters. The SMILES string of the molecule is CC1(CNS(=O)(=O)c2c(Cl)cccc2Cl)CCNCC1.Cl. The molecule has 1 fully saturated rings. The van der Waals surface area contributed by atoms with E-state index >= 15 is 0 Å². The summed E-state index contributed by atoms with van der Waals surface area (Å²) in [7, 11) is -3.69. The van der Waals surface area contributed by atoms with E-state index in [4.69, 9.17) is 23.2 Å². The average Bonchev–Trinajstić information content (AvgIpc) is 2.37. The lowest BCUT2D eigenvalue weighted by atomic mass is 9.81. The monoisotopic (exact) mass is 372 g/mol. The first kappa shape index (κ1) is 19.0. The number of hydrogen-bond donors (Lipinski definition) is 2. The lowest BCUT2D eigenvalue weighted by Crippen LogP contribution is -2.42. The number of hydrogen-bond acceptors (Lipinski definition) is 3. The van der Waals surface area contributed by atoms with E-state index < -0.39 is 10.0 Å². The molecular formula is C13H19Cl3N2O2S. The number of sulfonamides is 1. The van der Waals surface area contributed by atoms with Crippen molar-refractivity contribution >= 4 is 45.6 Å². The second-order valence-corrected chi connectivity index (χ2v) is 7.95. The fourth-order valence-corrected chi connectivity index (χ4v) is 4.63. The minimum Gasteiger partial charge on any atom is -0.317 e. The third-order valence-electron chi connectivity index (χ3n) is 3.69. The van der Waals surface area contributed by atoms with E-state index in [9.17, 15) is 8.42 Å². The van der Waals surface area contributed by atoms with Gasteiger partial charge in [0.2, 0.25) is 10.0 Å². The van der Waals surface area contributed by atoms with Gasteiger partial charge in [-0.1, -0.05) is 36.2 Å². The molecule has 4 nitrogen and oxygen atoms in total. The van der Waals surface area contributed by atoms with Crippen molar-refractivity contribution in [1.82, 2.24) is 10.0 Å². The van der Waals surface area contributed by atoms with Crippen LogP contribution < -0.4 is 10.0 Å². The van der Waals surface area contributed by atoms with Gasteiger partial charge in [-0.2, -0.15) is 0 Å². The van der Waals surface area contributed by atoms with Crippen LogP contribution in [0.15, 0.2) is 23.1 Å². The molecule has 1 saturated heterocycles. The van der Waals surface area contributed by atoms with Crippen molar-refractivity contribution < 1.29 is 8.42 Å². The van der Waals surface area contributed by atoms with E-state index in [0.29, 0.717) is 6.54 Å². The van der Waals surface area contributed by atoms with E-state index in [1.165, 1.54) is 12.1 Å². The van der Waals surface area contributed by atoms with Crippen LogP contribution in [0.1, 0.15) is 19.8 Å². The molecule has 0 atom stereocenters. The summed E-state index contributed by atoms with van der Waals surface area (Å²) < 4.78 is 27.4. The molecule has 8 heteroatoms. The molecule has 0 radical (unpaired) electrons. The van der Waals surface area contributed by atoms with Crippen molar-refractivity contribution in [2.45, 2.75) is 24.7 Å². The van der Waals surface area contributed by atoms with Gasteiger partial charge < -0.3 is 5.32 Å². The van der Waals surface area contributed by atoms with Crippen molar-refractivity contribution in [2.24, 2.45) is 5.41 Å². The van der Waals surface area contributed by atoms with Gasteiger partial charge in [0, 0.05) is 6.54 Å². The van der Waals surface area contributed by atoms with Crippen LogP contribution in [0.5, 0.6) is 0 Å². The Kier molecular flexibility index (Phi) is 6.78. The van der Waals surface area contributed by atoms with Crippen LogP contribution in [-0.4, -0.2) is 28.1 Å². The second kappa shape index (κ2) is 7.49. The first-order valence-corrected chi connectivity index (χ1v) is 8.72. The Balaban J connectivity index is 0.00000220. The van der Waals surface area contributed by atoms with Crippen molar-refractivity contribution in [2.75, 3.05) is 19.6 Å². The molecule has 120 valence electrons. The molecule has 2 rings (SSSR count). The number of halogens is 3. The molecule has 0 aliphatic carbocycles. The van der Waals surface area contributed by atoms with Crippen LogP contribution >= 0.6 is 35.6 Å². The zero-order valence-electron chi connectivity index (χ0n) is 11.7. The van der Waals surface area contributed by atoms with E-state index in [0.717, 1.165) is 25.9 Å². The van der Waals surface area contributed by atoms with Gasteiger partial charge >= 0.3 is 0 Å². The highest BCUT2D eigenvalue weighted by atomic mass is 35.5. The van der Waals surface area contributed by atoms with Gasteiger partial charge in [-0.3, -0.25) is 0 Å². The number of benzene rings is 1. The van der Waals surface area contributed by atoms with Gasteiger partial charge in [-0.15, -0.1) is 12.4 Å². The molecule has 0 bridgehead atoms. The summed E-state index contributed by atoms with van der Waals surface area (Å²) in [6, 6.07) is 4.67.